The molecule has 1 heterocycles. The average molecular weight is 255 g/mol. The number of nitrogen functional groups attached to an aromatic ring is 1. The third-order valence-corrected chi connectivity index (χ3v) is 2.74. The van der Waals surface area contributed by atoms with Gasteiger partial charge in [-0.05, 0) is 18.2 Å². The highest BCUT2D eigenvalue weighted by molar-refractivity contribution is 7.10. The maximum absolute atomic E-state index is 11.8. The van der Waals surface area contributed by atoms with Crippen LogP contribution in [-0.2, 0) is 0 Å². The van der Waals surface area contributed by atoms with Crippen molar-refractivity contribution in [3.63, 3.8) is 0 Å². The number of nitrogens with zero attached hydrogens (tertiary/aromatic N) is 2. The van der Waals surface area contributed by atoms with Crippen molar-refractivity contribution in [2.24, 2.45) is 0 Å². The standard InChI is InChI=1S/C9H7ClN4OS/c10-7-2-1-5(11)3-6(7)9(15)13-8-4-12-14-16-8/h1-4H,11H2,(H,13,15). The average Bonchev–Trinajstić information content (AvgIpc) is 2.74. The molecular weight excluding hydrogens is 248 g/mol. The number of hydrogen-bond donors (Lipinski definition) is 2. The number of carbonyl (C=O) groups is 1. The summed E-state index contributed by atoms with van der Waals surface area (Å²) >= 11 is 6.98. The second kappa shape index (κ2) is 4.46. The first kappa shape index (κ1) is 10.8. The van der Waals surface area contributed by atoms with Gasteiger partial charge in [-0.1, -0.05) is 16.1 Å². The lowest BCUT2D eigenvalue weighted by Crippen LogP contribution is -2.11. The van der Waals surface area contributed by atoms with Crippen molar-refractivity contribution < 1.29 is 4.79 Å². The van der Waals surface area contributed by atoms with Crippen LogP contribution < -0.4 is 11.1 Å². The minimum Gasteiger partial charge on any atom is -0.399 e. The lowest BCUT2D eigenvalue weighted by atomic mass is 10.2. The molecule has 1 aromatic heterocycles. The van der Waals surface area contributed by atoms with Gasteiger partial charge in [-0.2, -0.15) is 0 Å². The molecule has 2 aromatic rings. The predicted molar refractivity (Wildman–Crippen MR) is 63.7 cm³/mol. The highest BCUT2D eigenvalue weighted by Gasteiger charge is 2.11. The van der Waals surface area contributed by atoms with E-state index in [1.54, 1.807) is 12.1 Å². The topological polar surface area (TPSA) is 80.9 Å². The molecule has 0 bridgehead atoms. The normalized spacial score (nSPS) is 10.1. The van der Waals surface area contributed by atoms with Gasteiger partial charge in [0.25, 0.3) is 5.91 Å². The molecule has 0 aliphatic rings. The summed E-state index contributed by atoms with van der Waals surface area (Å²) in [5.74, 6) is -0.330. The van der Waals surface area contributed by atoms with Gasteiger partial charge in [0.05, 0.1) is 16.8 Å². The summed E-state index contributed by atoms with van der Waals surface area (Å²) < 4.78 is 3.63. The monoisotopic (exact) mass is 254 g/mol. The van der Waals surface area contributed by atoms with Crippen LogP contribution in [0.5, 0.6) is 0 Å². The van der Waals surface area contributed by atoms with E-state index in [2.05, 4.69) is 14.9 Å². The van der Waals surface area contributed by atoms with Crippen LogP contribution in [0.25, 0.3) is 0 Å². The summed E-state index contributed by atoms with van der Waals surface area (Å²) in [5.41, 5.74) is 6.39. The van der Waals surface area contributed by atoms with E-state index in [9.17, 15) is 4.79 Å². The van der Waals surface area contributed by atoms with E-state index >= 15 is 0 Å². The predicted octanol–water partition coefficient (Wildman–Crippen LogP) is 2.03. The number of benzene rings is 1. The highest BCUT2D eigenvalue weighted by Crippen LogP contribution is 2.20. The fraction of sp³-hybridized carbons (Fsp3) is 0. The number of halogens is 1. The number of amides is 1. The van der Waals surface area contributed by atoms with Crippen LogP contribution in [-0.4, -0.2) is 15.5 Å². The fourth-order valence-electron chi connectivity index (χ4n) is 1.12. The van der Waals surface area contributed by atoms with Crippen LogP contribution in [0.1, 0.15) is 10.4 Å². The van der Waals surface area contributed by atoms with Gasteiger partial charge in [-0.3, -0.25) is 4.79 Å². The molecule has 0 aliphatic carbocycles. The molecule has 0 fully saturated rings. The van der Waals surface area contributed by atoms with E-state index < -0.39 is 0 Å². The smallest absolute Gasteiger partial charge is 0.257 e. The fourth-order valence-corrected chi connectivity index (χ4v) is 1.74. The molecule has 1 aromatic carbocycles. The van der Waals surface area contributed by atoms with Gasteiger partial charge < -0.3 is 11.1 Å². The molecule has 1 amide bonds. The van der Waals surface area contributed by atoms with Gasteiger partial charge in [0.15, 0.2) is 0 Å². The number of rotatable bonds is 2. The van der Waals surface area contributed by atoms with Gasteiger partial charge >= 0.3 is 0 Å². The van der Waals surface area contributed by atoms with E-state index in [0.717, 1.165) is 11.5 Å². The Labute approximate surface area is 100 Å². The first-order valence-electron chi connectivity index (χ1n) is 4.30. The van der Waals surface area contributed by atoms with Crippen molar-refractivity contribution in [3.8, 4) is 0 Å². The highest BCUT2D eigenvalue weighted by atomic mass is 35.5. The van der Waals surface area contributed by atoms with Crippen LogP contribution in [0.4, 0.5) is 10.7 Å². The summed E-state index contributed by atoms with van der Waals surface area (Å²) in [6.45, 7) is 0. The zero-order valence-electron chi connectivity index (χ0n) is 7.98. The van der Waals surface area contributed by atoms with Crippen LogP contribution in [0.15, 0.2) is 24.4 Å². The quantitative estimate of drug-likeness (QED) is 0.804. The molecule has 82 valence electrons. The maximum Gasteiger partial charge on any atom is 0.257 e. The number of nitrogens with one attached hydrogen (secondary N) is 1. The molecule has 3 N–H and O–H groups in total. The van der Waals surface area contributed by atoms with Crippen LogP contribution >= 0.6 is 23.1 Å². The number of hydrogen-bond acceptors (Lipinski definition) is 5. The number of nitrogens with two attached hydrogens (primary N) is 1. The Bertz CT molecular complexity index is 514. The Balaban J connectivity index is 2.24. The van der Waals surface area contributed by atoms with Gasteiger partial charge in [0.1, 0.15) is 5.00 Å². The second-order valence-electron chi connectivity index (χ2n) is 2.98. The Morgan fingerprint density at radius 1 is 1.50 bits per heavy atom. The minimum absolute atomic E-state index is 0.329. The van der Waals surface area contributed by atoms with Crippen molar-refractivity contribution in [3.05, 3.63) is 35.0 Å². The van der Waals surface area contributed by atoms with E-state index in [1.807, 2.05) is 0 Å². The zero-order valence-corrected chi connectivity index (χ0v) is 9.55. The van der Waals surface area contributed by atoms with Crippen molar-refractivity contribution in [1.82, 2.24) is 9.59 Å². The van der Waals surface area contributed by atoms with E-state index in [4.69, 9.17) is 17.3 Å². The van der Waals surface area contributed by atoms with E-state index in [0.29, 0.717) is 21.3 Å². The summed E-state index contributed by atoms with van der Waals surface area (Å²) in [4.78, 5) is 11.8. The van der Waals surface area contributed by atoms with Crippen molar-refractivity contribution in [2.75, 3.05) is 11.1 Å². The van der Waals surface area contributed by atoms with E-state index in [1.165, 1.54) is 12.3 Å². The first-order chi connectivity index (χ1) is 7.66. The molecule has 0 unspecified atom stereocenters. The van der Waals surface area contributed by atoms with Gasteiger partial charge in [-0.15, -0.1) is 5.10 Å². The van der Waals surface area contributed by atoms with Gasteiger partial charge in [0, 0.05) is 17.2 Å². The molecule has 0 atom stereocenters. The Hall–Kier alpha value is -1.66. The van der Waals surface area contributed by atoms with Crippen LogP contribution in [0.3, 0.4) is 0 Å². The molecule has 2 rings (SSSR count). The molecule has 5 nitrogen and oxygen atoms in total. The molecular formula is C9H7ClN4OS. The van der Waals surface area contributed by atoms with Crippen LogP contribution in [0.2, 0.25) is 5.02 Å². The molecule has 0 saturated carbocycles. The van der Waals surface area contributed by atoms with Gasteiger partial charge in [0.2, 0.25) is 0 Å². The van der Waals surface area contributed by atoms with Crippen molar-refractivity contribution >= 4 is 39.7 Å². The van der Waals surface area contributed by atoms with Crippen LogP contribution in [0, 0.1) is 0 Å². The van der Waals surface area contributed by atoms with E-state index in [-0.39, 0.29) is 5.91 Å². The second-order valence-corrected chi connectivity index (χ2v) is 4.17. The summed E-state index contributed by atoms with van der Waals surface area (Å²) in [6, 6.07) is 4.73. The SMILES string of the molecule is Nc1ccc(Cl)c(C(=O)Nc2cnns2)c1. The summed E-state index contributed by atoms with van der Waals surface area (Å²) in [7, 11) is 0. The lowest BCUT2D eigenvalue weighted by Gasteiger charge is -2.04. The Kier molecular flexibility index (Phi) is 3.02. The largest absolute Gasteiger partial charge is 0.399 e. The third kappa shape index (κ3) is 2.29. The number of aromatic nitrogens is 2. The molecule has 0 saturated heterocycles. The number of anilines is 2. The number of carbonyl (C=O) groups excluding carboxylic acids is 1. The minimum atomic E-state index is -0.330. The zero-order chi connectivity index (χ0) is 11.5. The maximum atomic E-state index is 11.8. The van der Waals surface area contributed by atoms with Crippen molar-refractivity contribution in [1.29, 1.82) is 0 Å². The third-order valence-electron chi connectivity index (χ3n) is 1.83. The lowest BCUT2D eigenvalue weighted by molar-refractivity contribution is 0.102. The molecule has 7 heteroatoms. The van der Waals surface area contributed by atoms with Crippen molar-refractivity contribution in [2.45, 2.75) is 0 Å². The first-order valence-corrected chi connectivity index (χ1v) is 5.45. The van der Waals surface area contributed by atoms with Gasteiger partial charge in [-0.25, -0.2) is 0 Å². The summed E-state index contributed by atoms with van der Waals surface area (Å²) in [5, 5.41) is 7.14. The Morgan fingerprint density at radius 2 is 2.31 bits per heavy atom. The Morgan fingerprint density at radius 3 is 3.00 bits per heavy atom. The molecule has 0 radical (unpaired) electrons. The molecule has 0 aliphatic heterocycles. The molecule has 0 spiro atoms. The molecule has 16 heavy (non-hydrogen) atoms. The summed E-state index contributed by atoms with van der Waals surface area (Å²) in [6.07, 6.45) is 1.46.